The molecule has 19 nitrogen and oxygen atoms in total. The van der Waals surface area contributed by atoms with Crippen molar-refractivity contribution in [3.8, 4) is 11.5 Å². The lowest BCUT2D eigenvalue weighted by molar-refractivity contribution is -0.840. The number of quaternary nitrogens is 1. The zero-order valence-electron chi connectivity index (χ0n) is 25.8. The number of phenolic OH excluding ortho intramolecular Hbond substituents is 1. The molecule has 3 aliphatic heterocycles. The lowest BCUT2D eigenvalue weighted by atomic mass is 9.98. The van der Waals surface area contributed by atoms with Crippen LogP contribution in [0.4, 0.5) is 5.69 Å². The van der Waals surface area contributed by atoms with Crippen LogP contribution in [0.25, 0.3) is 0 Å². The number of carboxylic acids is 4. The maximum Gasteiger partial charge on any atom is 0.351 e. The molecule has 268 valence electrons. The highest BCUT2D eigenvalue weighted by Gasteiger charge is 2.46. The van der Waals surface area contributed by atoms with Crippen LogP contribution in [-0.2, 0) is 39.9 Å². The first kappa shape index (κ1) is 37.0. The molecule has 1 fully saturated rings. The summed E-state index contributed by atoms with van der Waals surface area (Å²) in [5, 5.41) is 94.3. The van der Waals surface area contributed by atoms with E-state index in [1.54, 1.807) is 0 Å². The van der Waals surface area contributed by atoms with Gasteiger partial charge >= 0.3 is 23.9 Å². The van der Waals surface area contributed by atoms with E-state index in [1.807, 2.05) is 0 Å². The number of aliphatic hydroxyl groups is 4. The first-order chi connectivity index (χ1) is 22.9. The summed E-state index contributed by atoms with van der Waals surface area (Å²) in [5.74, 6) is -7.41. The molecule has 0 spiro atoms. The summed E-state index contributed by atoms with van der Waals surface area (Å²) in [4.78, 5) is 58.4. The molecule has 1 unspecified atom stereocenters. The molecule has 19 heteroatoms. The molecule has 0 amide bonds. The number of carbonyl (C=O) groups is 5. The van der Waals surface area contributed by atoms with Crippen molar-refractivity contribution in [1.29, 1.82) is 0 Å². The Hall–Kier alpha value is -4.79. The van der Waals surface area contributed by atoms with Crippen LogP contribution in [0.1, 0.15) is 31.7 Å². The van der Waals surface area contributed by atoms with Crippen LogP contribution in [0.5, 0.6) is 11.5 Å². The Labute approximate surface area is 276 Å². The maximum atomic E-state index is 12.2. The lowest BCUT2D eigenvalue weighted by Crippen LogP contribution is -3.11. The van der Waals surface area contributed by atoms with E-state index in [4.69, 9.17) is 19.3 Å². The highest BCUT2D eigenvalue weighted by atomic mass is 16.7. The van der Waals surface area contributed by atoms with Crippen molar-refractivity contribution in [2.24, 2.45) is 0 Å². The van der Waals surface area contributed by atoms with E-state index in [0.29, 0.717) is 16.8 Å². The van der Waals surface area contributed by atoms with Crippen molar-refractivity contribution in [2.45, 2.75) is 81.0 Å². The minimum Gasteiger partial charge on any atom is -0.544 e. The van der Waals surface area contributed by atoms with E-state index in [-0.39, 0.29) is 35.7 Å². The van der Waals surface area contributed by atoms with Gasteiger partial charge in [0.15, 0.2) is 11.5 Å². The van der Waals surface area contributed by atoms with Crippen molar-refractivity contribution >= 4 is 35.5 Å². The molecule has 3 heterocycles. The number of nitrogens with one attached hydrogen (secondary N) is 2. The number of fused-ring (bicyclic) bond motifs is 1. The number of ether oxygens (including phenoxy) is 3. The zero-order chi connectivity index (χ0) is 36.4. The SMILES string of the molecule is C[C@@](O)(CC(=O)O)CC(=O)OC[C@H]1O[C@@H](Oc2cc3c(cc2O)[NH+](CC=C2C=C(C(=O)O)N[C@H](C(=O)O)C2)[C@H](C(=O)[O-])C3)[C@H](O)[C@@H](O)[C@@H]1O. The molecule has 1 aromatic carbocycles. The molecular formula is C30H36N2O17. The molecule has 0 radical (unpaired) electrons. The van der Waals surface area contributed by atoms with Gasteiger partial charge < -0.3 is 70.3 Å². The number of carboxylic acid groups (broad SMARTS) is 4. The second kappa shape index (κ2) is 14.8. The number of aromatic hydroxyl groups is 1. The summed E-state index contributed by atoms with van der Waals surface area (Å²) >= 11 is 0. The molecular weight excluding hydrogens is 660 g/mol. The summed E-state index contributed by atoms with van der Waals surface area (Å²) in [7, 11) is 0. The van der Waals surface area contributed by atoms with Crippen LogP contribution in [0.3, 0.4) is 0 Å². The van der Waals surface area contributed by atoms with Crippen LogP contribution in [0.2, 0.25) is 0 Å². The summed E-state index contributed by atoms with van der Waals surface area (Å²) in [6, 6.07) is 0.0323. The van der Waals surface area contributed by atoms with Crippen molar-refractivity contribution in [3.63, 3.8) is 0 Å². The Bertz CT molecular complexity index is 1550. The molecule has 0 aliphatic carbocycles. The van der Waals surface area contributed by atoms with E-state index < -0.39 is 103 Å². The average molecular weight is 697 g/mol. The smallest absolute Gasteiger partial charge is 0.351 e. The van der Waals surface area contributed by atoms with Gasteiger partial charge in [0.05, 0.1) is 18.4 Å². The summed E-state index contributed by atoms with van der Waals surface area (Å²) in [6.07, 6.45) is -7.79. The first-order valence-corrected chi connectivity index (χ1v) is 14.9. The van der Waals surface area contributed by atoms with E-state index in [1.165, 1.54) is 24.3 Å². The van der Waals surface area contributed by atoms with Gasteiger partial charge in [-0.05, 0) is 30.7 Å². The van der Waals surface area contributed by atoms with Crippen LogP contribution < -0.4 is 20.1 Å². The number of aliphatic hydroxyl groups excluding tert-OH is 3. The van der Waals surface area contributed by atoms with Crippen LogP contribution in [0.15, 0.2) is 35.6 Å². The summed E-state index contributed by atoms with van der Waals surface area (Å²) < 4.78 is 16.1. The highest BCUT2D eigenvalue weighted by molar-refractivity contribution is 5.89. The molecule has 0 bridgehead atoms. The lowest BCUT2D eigenvalue weighted by Gasteiger charge is -2.40. The second-order valence-electron chi connectivity index (χ2n) is 12.2. The van der Waals surface area contributed by atoms with Crippen molar-refractivity contribution in [3.05, 3.63) is 41.1 Å². The third-order valence-corrected chi connectivity index (χ3v) is 8.25. The van der Waals surface area contributed by atoms with E-state index >= 15 is 0 Å². The zero-order valence-corrected chi connectivity index (χ0v) is 25.8. The number of hydrogen-bond donors (Lipinski definition) is 10. The largest absolute Gasteiger partial charge is 0.544 e. The molecule has 10 N–H and O–H groups in total. The van der Waals surface area contributed by atoms with Gasteiger partial charge in [-0.15, -0.1) is 0 Å². The monoisotopic (exact) mass is 696 g/mol. The number of carbonyl (C=O) groups excluding carboxylic acids is 2. The molecule has 3 aliphatic rings. The predicted octanol–water partition coefficient (Wildman–Crippen LogP) is -4.73. The number of hydrogen-bond acceptors (Lipinski definition) is 15. The fourth-order valence-electron chi connectivity index (χ4n) is 5.80. The van der Waals surface area contributed by atoms with Gasteiger partial charge in [-0.1, -0.05) is 0 Å². The van der Waals surface area contributed by atoms with Gasteiger partial charge in [-0.3, -0.25) is 14.5 Å². The standard InChI is InChI=1S/C30H36N2O17/c1-30(46,9-21(34)35)10-22(36)47-11-20-23(37)24(38)25(39)29(49-20)48-19-7-13-6-17(28(44)45)32(16(13)8-18(19)33)3-2-12-4-14(26(40)41)31-15(5-12)27(42)43/h2,4,7-8,15,17,20,23-25,29,31,33,37-39,46H,3,5-6,9-11H2,1H3,(H,34,35)(H,40,41)(H,42,43)(H,44,45)/t15-,17-,20+,23+,24-,25+,29+,30+/m0/s1. The molecule has 9 atom stereocenters. The molecule has 1 aromatic rings. The summed E-state index contributed by atoms with van der Waals surface area (Å²) in [6.45, 7) is 0.321. The van der Waals surface area contributed by atoms with E-state index in [0.717, 1.165) is 6.92 Å². The predicted molar refractivity (Wildman–Crippen MR) is 155 cm³/mol. The highest BCUT2D eigenvalue weighted by Crippen LogP contribution is 2.36. The fourth-order valence-corrected chi connectivity index (χ4v) is 5.80. The third kappa shape index (κ3) is 8.82. The Morgan fingerprint density at radius 1 is 1.06 bits per heavy atom. The average Bonchev–Trinajstić information content (AvgIpc) is 3.35. The number of phenols is 1. The first-order valence-electron chi connectivity index (χ1n) is 14.9. The van der Waals surface area contributed by atoms with Crippen LogP contribution >= 0.6 is 0 Å². The van der Waals surface area contributed by atoms with Gasteiger partial charge in [0.2, 0.25) is 6.29 Å². The quantitative estimate of drug-likeness (QED) is 0.0866. The minimum atomic E-state index is -1.94. The van der Waals surface area contributed by atoms with Crippen molar-refractivity contribution in [1.82, 2.24) is 5.32 Å². The van der Waals surface area contributed by atoms with Gasteiger partial charge in [-0.25, -0.2) is 9.59 Å². The number of allylic oxidation sites excluding steroid dienone is 1. The Morgan fingerprint density at radius 3 is 2.37 bits per heavy atom. The molecule has 1 saturated heterocycles. The number of esters is 1. The second-order valence-corrected chi connectivity index (χ2v) is 12.2. The Kier molecular flexibility index (Phi) is 11.2. The fraction of sp³-hybridized carbons (Fsp3) is 0.500. The molecule has 0 saturated carbocycles. The van der Waals surface area contributed by atoms with Crippen LogP contribution in [0, 0.1) is 0 Å². The van der Waals surface area contributed by atoms with E-state index in [2.05, 4.69) is 5.32 Å². The van der Waals surface area contributed by atoms with Gasteiger partial charge in [0, 0.05) is 24.5 Å². The van der Waals surface area contributed by atoms with Gasteiger partial charge in [-0.2, -0.15) is 0 Å². The minimum absolute atomic E-state index is 0.0724. The van der Waals surface area contributed by atoms with Gasteiger partial charge in [0.25, 0.3) is 0 Å². The number of benzene rings is 1. The van der Waals surface area contributed by atoms with Crippen molar-refractivity contribution < 1.29 is 89.0 Å². The van der Waals surface area contributed by atoms with Gasteiger partial charge in [0.1, 0.15) is 67.0 Å². The molecule has 0 aromatic heterocycles. The third-order valence-electron chi connectivity index (χ3n) is 8.25. The maximum absolute atomic E-state index is 12.2. The Balaban J connectivity index is 1.50. The van der Waals surface area contributed by atoms with Crippen LogP contribution in [-0.4, -0.2) is 132 Å². The molecule has 4 rings (SSSR count). The molecule has 49 heavy (non-hydrogen) atoms. The summed E-state index contributed by atoms with van der Waals surface area (Å²) in [5.41, 5.74) is -1.32. The van der Waals surface area contributed by atoms with E-state index in [9.17, 15) is 64.8 Å². The topological polar surface area (TPSA) is 314 Å². The Morgan fingerprint density at radius 2 is 1.76 bits per heavy atom. The normalized spacial score (nSPS) is 29.9. The number of aliphatic carboxylic acids is 4. The van der Waals surface area contributed by atoms with Crippen molar-refractivity contribution in [2.75, 3.05) is 13.2 Å². The number of rotatable bonds is 13.